The van der Waals surface area contributed by atoms with Crippen molar-refractivity contribution in [1.29, 1.82) is 0 Å². The second kappa shape index (κ2) is 9.24. The molecule has 1 fully saturated rings. The number of phenols is 1. The fourth-order valence-corrected chi connectivity index (χ4v) is 3.51. The van der Waals surface area contributed by atoms with Gasteiger partial charge in [-0.05, 0) is 18.6 Å². The number of nitrogens with zero attached hydrogens (tertiary/aromatic N) is 1. The van der Waals surface area contributed by atoms with E-state index >= 15 is 0 Å². The van der Waals surface area contributed by atoms with Crippen LogP contribution in [0.25, 0.3) is 0 Å². The predicted molar refractivity (Wildman–Crippen MR) is 106 cm³/mol. The number of hydrogen-bond acceptors (Lipinski definition) is 10. The van der Waals surface area contributed by atoms with Crippen LogP contribution < -0.4 is 16.0 Å². The molecule has 0 spiro atoms. The number of ether oxygens (including phenoxy) is 4. The predicted octanol–water partition coefficient (Wildman–Crippen LogP) is -0.394. The highest BCUT2D eigenvalue weighted by Gasteiger charge is 2.50. The van der Waals surface area contributed by atoms with Gasteiger partial charge in [0.05, 0.1) is 13.7 Å². The molecule has 4 atom stereocenters. The minimum Gasteiger partial charge on any atom is -0.508 e. The Hall–Kier alpha value is -3.64. The Morgan fingerprint density at radius 2 is 1.94 bits per heavy atom. The SMILES string of the molecule is COc1cc(O)cc(C)c1C(=O)O[C@H]1[C@@H](OC(C)=O)[C@@H](n2ccc(=O)[nH]c2=O)O[C@@H]1CO. The molecule has 1 aliphatic rings. The number of benzene rings is 1. The third-order valence-electron chi connectivity index (χ3n) is 4.84. The highest BCUT2D eigenvalue weighted by Crippen LogP contribution is 2.35. The normalized spacial score (nSPS) is 22.4. The number of hydrogen-bond donors (Lipinski definition) is 3. The number of esters is 2. The van der Waals surface area contributed by atoms with Crippen LogP contribution in [0, 0.1) is 6.92 Å². The van der Waals surface area contributed by atoms with E-state index in [1.165, 1.54) is 19.2 Å². The average Bonchev–Trinajstić information content (AvgIpc) is 3.03. The van der Waals surface area contributed by atoms with Crippen molar-refractivity contribution >= 4 is 11.9 Å². The lowest BCUT2D eigenvalue weighted by Gasteiger charge is -2.24. The fourth-order valence-electron chi connectivity index (χ4n) is 3.51. The van der Waals surface area contributed by atoms with E-state index in [-0.39, 0.29) is 17.1 Å². The Balaban J connectivity index is 2.00. The van der Waals surface area contributed by atoms with Crippen molar-refractivity contribution in [3.63, 3.8) is 0 Å². The molecule has 0 radical (unpaired) electrons. The average molecular weight is 450 g/mol. The summed E-state index contributed by atoms with van der Waals surface area (Å²) in [4.78, 5) is 50.4. The van der Waals surface area contributed by atoms with Crippen LogP contribution in [0.15, 0.2) is 34.0 Å². The Labute approximate surface area is 180 Å². The molecule has 1 saturated heterocycles. The number of aromatic hydroxyl groups is 1. The molecule has 1 aromatic carbocycles. The monoisotopic (exact) mass is 450 g/mol. The summed E-state index contributed by atoms with van der Waals surface area (Å²) in [6.07, 6.45) is -3.94. The molecular weight excluding hydrogens is 428 g/mol. The van der Waals surface area contributed by atoms with Gasteiger partial charge in [-0.3, -0.25) is 19.1 Å². The molecule has 12 nitrogen and oxygen atoms in total. The second-order valence-corrected chi connectivity index (χ2v) is 7.05. The van der Waals surface area contributed by atoms with E-state index in [9.17, 15) is 29.4 Å². The van der Waals surface area contributed by atoms with Gasteiger partial charge in [0.2, 0.25) is 0 Å². The summed E-state index contributed by atoms with van der Waals surface area (Å²) in [5.41, 5.74) is -1.14. The highest BCUT2D eigenvalue weighted by molar-refractivity contribution is 5.94. The Bertz CT molecular complexity index is 1140. The van der Waals surface area contributed by atoms with Crippen molar-refractivity contribution < 1.29 is 38.7 Å². The van der Waals surface area contributed by atoms with Crippen molar-refractivity contribution in [2.24, 2.45) is 0 Å². The van der Waals surface area contributed by atoms with Crippen LogP contribution in [0.4, 0.5) is 0 Å². The first-order chi connectivity index (χ1) is 15.2. The zero-order chi connectivity index (χ0) is 23.6. The van der Waals surface area contributed by atoms with Crippen LogP contribution in [0.2, 0.25) is 0 Å². The van der Waals surface area contributed by atoms with Gasteiger partial charge in [0.15, 0.2) is 18.4 Å². The van der Waals surface area contributed by atoms with E-state index in [1.54, 1.807) is 6.92 Å². The lowest BCUT2D eigenvalue weighted by Crippen LogP contribution is -2.42. The Morgan fingerprint density at radius 3 is 2.53 bits per heavy atom. The lowest BCUT2D eigenvalue weighted by molar-refractivity contribution is -0.156. The highest BCUT2D eigenvalue weighted by atomic mass is 16.6. The number of aryl methyl sites for hydroxylation is 1. The molecule has 2 heterocycles. The van der Waals surface area contributed by atoms with Crippen LogP contribution in [-0.4, -0.2) is 63.7 Å². The van der Waals surface area contributed by atoms with Crippen LogP contribution in [-0.2, 0) is 19.0 Å². The number of phenolic OH excluding ortho intramolecular Hbond substituents is 1. The molecule has 1 aromatic heterocycles. The number of nitrogens with one attached hydrogen (secondary N) is 1. The largest absolute Gasteiger partial charge is 0.508 e. The molecule has 0 unspecified atom stereocenters. The van der Waals surface area contributed by atoms with Crippen molar-refractivity contribution in [2.75, 3.05) is 13.7 Å². The molecule has 172 valence electrons. The molecular formula is C20H22N2O10. The van der Waals surface area contributed by atoms with Gasteiger partial charge in [-0.25, -0.2) is 9.59 Å². The Kier molecular flexibility index (Phi) is 6.65. The van der Waals surface area contributed by atoms with Crippen LogP contribution in [0.1, 0.15) is 29.1 Å². The maximum Gasteiger partial charge on any atom is 0.342 e. The van der Waals surface area contributed by atoms with Gasteiger partial charge in [-0.2, -0.15) is 0 Å². The first-order valence-corrected chi connectivity index (χ1v) is 9.49. The van der Waals surface area contributed by atoms with E-state index in [0.29, 0.717) is 5.56 Å². The maximum atomic E-state index is 13.0. The lowest BCUT2D eigenvalue weighted by atomic mass is 10.1. The van der Waals surface area contributed by atoms with Crippen LogP contribution >= 0.6 is 0 Å². The summed E-state index contributed by atoms with van der Waals surface area (Å²) < 4.78 is 22.6. The third kappa shape index (κ3) is 4.50. The van der Waals surface area contributed by atoms with Gasteiger partial charge in [0.25, 0.3) is 5.56 Å². The number of methoxy groups -OCH3 is 1. The van der Waals surface area contributed by atoms with E-state index in [0.717, 1.165) is 23.8 Å². The number of carbonyl (C=O) groups is 2. The molecule has 2 aromatic rings. The summed E-state index contributed by atoms with van der Waals surface area (Å²) >= 11 is 0. The van der Waals surface area contributed by atoms with E-state index in [4.69, 9.17) is 18.9 Å². The maximum absolute atomic E-state index is 13.0. The van der Waals surface area contributed by atoms with Gasteiger partial charge < -0.3 is 29.2 Å². The summed E-state index contributed by atoms with van der Waals surface area (Å²) in [7, 11) is 1.31. The molecule has 12 heteroatoms. The molecule has 0 saturated carbocycles. The van der Waals surface area contributed by atoms with E-state index in [2.05, 4.69) is 4.98 Å². The molecule has 0 aliphatic carbocycles. The van der Waals surface area contributed by atoms with Crippen molar-refractivity contribution in [3.8, 4) is 11.5 Å². The zero-order valence-corrected chi connectivity index (χ0v) is 17.4. The van der Waals surface area contributed by atoms with Crippen LogP contribution in [0.5, 0.6) is 11.5 Å². The summed E-state index contributed by atoms with van der Waals surface area (Å²) in [6.45, 7) is 2.04. The van der Waals surface area contributed by atoms with Gasteiger partial charge in [0.1, 0.15) is 23.2 Å². The first kappa shape index (κ1) is 23.0. The smallest absolute Gasteiger partial charge is 0.342 e. The molecule has 1 aliphatic heterocycles. The molecule has 3 rings (SSSR count). The van der Waals surface area contributed by atoms with Crippen molar-refractivity contribution in [1.82, 2.24) is 9.55 Å². The molecule has 0 bridgehead atoms. The molecule has 3 N–H and O–H groups in total. The Morgan fingerprint density at radius 1 is 1.22 bits per heavy atom. The quantitative estimate of drug-likeness (QED) is 0.493. The second-order valence-electron chi connectivity index (χ2n) is 7.05. The minimum atomic E-state index is -1.32. The molecule has 0 amide bonds. The third-order valence-corrected chi connectivity index (χ3v) is 4.84. The summed E-state index contributed by atoms with van der Waals surface area (Å²) in [5, 5.41) is 19.5. The first-order valence-electron chi connectivity index (χ1n) is 9.49. The summed E-state index contributed by atoms with van der Waals surface area (Å²) in [6, 6.07) is 3.62. The number of aromatic amines is 1. The number of aliphatic hydroxyl groups is 1. The van der Waals surface area contributed by atoms with Gasteiger partial charge in [-0.1, -0.05) is 0 Å². The van der Waals surface area contributed by atoms with Gasteiger partial charge >= 0.3 is 17.6 Å². The summed E-state index contributed by atoms with van der Waals surface area (Å²) in [5.74, 6) is -1.72. The van der Waals surface area contributed by atoms with Crippen molar-refractivity contribution in [3.05, 3.63) is 56.4 Å². The number of aliphatic hydroxyl groups excluding tert-OH is 1. The zero-order valence-electron chi connectivity index (χ0n) is 17.4. The number of carbonyl (C=O) groups excluding carboxylic acids is 2. The van der Waals surface area contributed by atoms with E-state index in [1.807, 2.05) is 0 Å². The fraction of sp³-hybridized carbons (Fsp3) is 0.400. The van der Waals surface area contributed by atoms with Gasteiger partial charge in [-0.15, -0.1) is 0 Å². The molecule has 32 heavy (non-hydrogen) atoms. The van der Waals surface area contributed by atoms with Gasteiger partial charge in [0, 0.05) is 25.3 Å². The minimum absolute atomic E-state index is 0.00761. The number of rotatable bonds is 6. The van der Waals surface area contributed by atoms with Crippen molar-refractivity contribution in [2.45, 2.75) is 38.4 Å². The standard InChI is InChI=1S/C20H22N2O10/c1-9-6-11(25)7-12(29-3)15(9)19(27)32-16-13(8-23)31-18(17(16)30-10(2)24)22-5-4-14(26)21-20(22)28/h4-7,13,16-18,23,25H,8H2,1-3H3,(H,21,26,28)/t13-,16-,17-,18+/m1/s1. The topological polar surface area (TPSA) is 166 Å². The number of H-pyrrole nitrogens is 1. The van der Waals surface area contributed by atoms with E-state index < -0.39 is 54.3 Å². The van der Waals surface area contributed by atoms with Crippen LogP contribution in [0.3, 0.4) is 0 Å². The number of aromatic nitrogens is 2.